The fourth-order valence-corrected chi connectivity index (χ4v) is 1.26. The predicted octanol–water partition coefficient (Wildman–Crippen LogP) is 2.34. The quantitative estimate of drug-likeness (QED) is 0.382. The Morgan fingerprint density at radius 2 is 2.36 bits per heavy atom. The molecule has 0 saturated heterocycles. The molecule has 0 radical (unpaired) electrons. The van der Waals surface area contributed by atoms with E-state index in [1.54, 1.807) is 0 Å². The Labute approximate surface area is 69.5 Å². The third-order valence-electron chi connectivity index (χ3n) is 1.18. The Bertz CT molecular complexity index is 292. The Morgan fingerprint density at radius 1 is 1.55 bits per heavy atom. The van der Waals surface area contributed by atoms with E-state index in [0.29, 0.717) is 0 Å². The first-order valence-electron chi connectivity index (χ1n) is 3.14. The molecule has 1 aromatic rings. The van der Waals surface area contributed by atoms with Crippen LogP contribution in [0, 0.1) is 6.92 Å². The second-order valence-corrected chi connectivity index (χ2v) is 2.93. The molecule has 0 spiro atoms. The number of hydrogen-bond acceptors (Lipinski definition) is 3. The molecule has 3 heteroatoms. The van der Waals surface area contributed by atoms with E-state index < -0.39 is 0 Å². The largest absolute Gasteiger partial charge is 0.247 e. The monoisotopic (exact) mass is 165 g/mol. The summed E-state index contributed by atoms with van der Waals surface area (Å²) in [6, 6.07) is 7.79. The zero-order valence-electron chi connectivity index (χ0n) is 6.07. The van der Waals surface area contributed by atoms with Crippen molar-refractivity contribution in [3.63, 3.8) is 0 Å². The molecule has 0 fully saturated rings. The molecule has 2 nitrogen and oxygen atoms in total. The van der Waals surface area contributed by atoms with Gasteiger partial charge in [0.05, 0.1) is 0 Å². The van der Waals surface area contributed by atoms with Crippen molar-refractivity contribution >= 4 is 18.0 Å². The number of carbonyl (C=O) groups excluding carboxylic acids is 1. The van der Waals surface area contributed by atoms with Crippen molar-refractivity contribution in [2.24, 2.45) is 4.40 Å². The zero-order chi connectivity index (χ0) is 8.10. The lowest BCUT2D eigenvalue weighted by Gasteiger charge is -1.93. The van der Waals surface area contributed by atoms with Gasteiger partial charge in [0.2, 0.25) is 6.08 Å². The average molecular weight is 165 g/mol. The van der Waals surface area contributed by atoms with E-state index in [9.17, 15) is 4.79 Å². The molecule has 0 aromatic heterocycles. The standard InChI is InChI=1S/C8H7NOS/c1-7-3-2-4-8(5-7)11-9-6-10/h2-5H,1H3. The lowest BCUT2D eigenvalue weighted by Crippen LogP contribution is -1.71. The fraction of sp³-hybridized carbons (Fsp3) is 0.125. The van der Waals surface area contributed by atoms with Gasteiger partial charge in [0.1, 0.15) is 0 Å². The van der Waals surface area contributed by atoms with E-state index in [-0.39, 0.29) is 0 Å². The van der Waals surface area contributed by atoms with Crippen molar-refractivity contribution in [3.8, 4) is 0 Å². The maximum absolute atomic E-state index is 9.75. The molecule has 56 valence electrons. The van der Waals surface area contributed by atoms with Crippen LogP contribution in [0.25, 0.3) is 0 Å². The fourth-order valence-electron chi connectivity index (χ4n) is 0.743. The summed E-state index contributed by atoms with van der Waals surface area (Å²) < 4.78 is 3.39. The summed E-state index contributed by atoms with van der Waals surface area (Å²) in [5.41, 5.74) is 1.16. The molecule has 0 N–H and O–H groups in total. The third-order valence-corrected chi connectivity index (χ3v) is 1.81. The van der Waals surface area contributed by atoms with Gasteiger partial charge in [0, 0.05) is 16.8 Å². The van der Waals surface area contributed by atoms with Gasteiger partial charge < -0.3 is 0 Å². The smallest absolute Gasteiger partial charge is 0.210 e. The Kier molecular flexibility index (Phi) is 2.90. The van der Waals surface area contributed by atoms with Crippen LogP contribution < -0.4 is 0 Å². The molecule has 0 unspecified atom stereocenters. The van der Waals surface area contributed by atoms with E-state index in [2.05, 4.69) is 4.40 Å². The van der Waals surface area contributed by atoms with E-state index in [4.69, 9.17) is 0 Å². The van der Waals surface area contributed by atoms with Crippen LogP contribution in [0.3, 0.4) is 0 Å². The molecule has 0 aliphatic heterocycles. The van der Waals surface area contributed by atoms with E-state index in [0.717, 1.165) is 22.4 Å². The van der Waals surface area contributed by atoms with Gasteiger partial charge >= 0.3 is 0 Å². The van der Waals surface area contributed by atoms with Crippen LogP contribution in [0.4, 0.5) is 0 Å². The number of aryl methyl sites for hydroxylation is 1. The van der Waals surface area contributed by atoms with Gasteiger partial charge in [-0.05, 0) is 24.6 Å². The van der Waals surface area contributed by atoms with Crippen molar-refractivity contribution < 1.29 is 4.79 Å². The minimum atomic E-state index is 0.966. The second kappa shape index (κ2) is 3.96. The molecule has 1 aromatic carbocycles. The van der Waals surface area contributed by atoms with Gasteiger partial charge in [-0.25, -0.2) is 4.79 Å². The normalized spacial score (nSPS) is 8.82. The molecule has 0 amide bonds. The van der Waals surface area contributed by atoms with Crippen LogP contribution in [0.15, 0.2) is 33.6 Å². The minimum absolute atomic E-state index is 0.966. The van der Waals surface area contributed by atoms with Crippen molar-refractivity contribution in [2.75, 3.05) is 0 Å². The summed E-state index contributed by atoms with van der Waals surface area (Å²) in [6.45, 7) is 1.99. The molecule has 0 bridgehead atoms. The Morgan fingerprint density at radius 3 is 3.00 bits per heavy atom. The number of rotatable bonds is 2. The maximum atomic E-state index is 9.75. The van der Waals surface area contributed by atoms with E-state index in [1.165, 1.54) is 6.08 Å². The molecule has 0 aliphatic carbocycles. The first kappa shape index (κ1) is 8.05. The van der Waals surface area contributed by atoms with Crippen LogP contribution >= 0.6 is 11.9 Å². The van der Waals surface area contributed by atoms with Crippen LogP contribution in [-0.4, -0.2) is 6.08 Å². The Hall–Kier alpha value is -1.05. The summed E-state index contributed by atoms with van der Waals surface area (Å²) in [4.78, 5) is 10.7. The highest BCUT2D eigenvalue weighted by molar-refractivity contribution is 7.98. The average Bonchev–Trinajstić information content (AvgIpc) is 2.01. The zero-order valence-corrected chi connectivity index (χ0v) is 6.89. The van der Waals surface area contributed by atoms with Gasteiger partial charge in [0.15, 0.2) is 0 Å². The molecular formula is C8H7NOS. The van der Waals surface area contributed by atoms with Crippen molar-refractivity contribution in [1.29, 1.82) is 0 Å². The number of hydrogen-bond donors (Lipinski definition) is 0. The highest BCUT2D eigenvalue weighted by Crippen LogP contribution is 2.18. The highest BCUT2D eigenvalue weighted by atomic mass is 32.2. The summed E-state index contributed by atoms with van der Waals surface area (Å²) in [5.74, 6) is 0. The second-order valence-electron chi connectivity index (χ2n) is 2.09. The van der Waals surface area contributed by atoms with Gasteiger partial charge in [-0.1, -0.05) is 12.1 Å². The topological polar surface area (TPSA) is 29.4 Å². The summed E-state index contributed by atoms with van der Waals surface area (Å²) in [6.07, 6.45) is 1.47. The SMILES string of the molecule is Cc1cccc(SN=C=O)c1. The van der Waals surface area contributed by atoms with Crippen LogP contribution in [0.1, 0.15) is 5.56 Å². The highest BCUT2D eigenvalue weighted by Gasteiger charge is 1.90. The first-order chi connectivity index (χ1) is 5.33. The van der Waals surface area contributed by atoms with Gasteiger partial charge in [0.25, 0.3) is 0 Å². The van der Waals surface area contributed by atoms with Crippen molar-refractivity contribution in [1.82, 2.24) is 0 Å². The van der Waals surface area contributed by atoms with Crippen LogP contribution in [0.5, 0.6) is 0 Å². The van der Waals surface area contributed by atoms with Crippen LogP contribution in [-0.2, 0) is 4.79 Å². The molecule has 0 aliphatic rings. The number of benzene rings is 1. The maximum Gasteiger partial charge on any atom is 0.247 e. The van der Waals surface area contributed by atoms with Crippen molar-refractivity contribution in [3.05, 3.63) is 29.8 Å². The lowest BCUT2D eigenvalue weighted by molar-refractivity contribution is 0.566. The van der Waals surface area contributed by atoms with E-state index in [1.807, 2.05) is 31.2 Å². The van der Waals surface area contributed by atoms with Crippen LogP contribution in [0.2, 0.25) is 0 Å². The van der Waals surface area contributed by atoms with Gasteiger partial charge in [-0.15, -0.1) is 4.40 Å². The molecule has 0 atom stereocenters. The van der Waals surface area contributed by atoms with Gasteiger partial charge in [-0.3, -0.25) is 0 Å². The number of isocyanates is 1. The summed E-state index contributed by atoms with van der Waals surface area (Å²) in [5, 5.41) is 0. The lowest BCUT2D eigenvalue weighted by atomic mass is 10.2. The third kappa shape index (κ3) is 2.58. The van der Waals surface area contributed by atoms with Crippen molar-refractivity contribution in [2.45, 2.75) is 11.8 Å². The predicted molar refractivity (Wildman–Crippen MR) is 45.2 cm³/mol. The van der Waals surface area contributed by atoms with E-state index >= 15 is 0 Å². The Balaban J connectivity index is 2.79. The molecule has 11 heavy (non-hydrogen) atoms. The summed E-state index contributed by atoms with van der Waals surface area (Å²) in [7, 11) is 0. The molecule has 1 rings (SSSR count). The summed E-state index contributed by atoms with van der Waals surface area (Å²) >= 11 is 1.14. The molecule has 0 heterocycles. The first-order valence-corrected chi connectivity index (χ1v) is 3.91. The molecular weight excluding hydrogens is 158 g/mol. The van der Waals surface area contributed by atoms with Gasteiger partial charge in [-0.2, -0.15) is 0 Å². The number of nitrogens with zero attached hydrogens (tertiary/aromatic N) is 1. The minimum Gasteiger partial charge on any atom is -0.210 e. The molecule has 0 saturated carbocycles.